The number of nitrogens with one attached hydrogen (secondary N) is 1. The summed E-state index contributed by atoms with van der Waals surface area (Å²) in [6, 6.07) is 10.1. The molecule has 4 rings (SSSR count). The normalized spacial score (nSPS) is 30.4. The zero-order valence-corrected chi connectivity index (χ0v) is 15.8. The molecule has 0 spiro atoms. The molecule has 0 aromatic heterocycles. The van der Waals surface area contributed by atoms with E-state index in [0.717, 1.165) is 37.8 Å². The molecule has 3 aliphatic carbocycles. The Bertz CT molecular complexity index is 671. The van der Waals surface area contributed by atoms with Gasteiger partial charge in [0, 0.05) is 17.8 Å². The largest absolute Gasteiger partial charge is 0.481 e. The quantitative estimate of drug-likeness (QED) is 0.805. The molecule has 1 aromatic rings. The third-order valence-electron chi connectivity index (χ3n) is 6.93. The van der Waals surface area contributed by atoms with Crippen LogP contribution in [0, 0.1) is 17.8 Å². The third kappa shape index (κ3) is 3.75. The molecule has 5 nitrogen and oxygen atoms in total. The number of para-hydroxylation sites is 1. The van der Waals surface area contributed by atoms with Crippen LogP contribution < -0.4 is 10.2 Å². The van der Waals surface area contributed by atoms with Crippen LogP contribution in [-0.4, -0.2) is 35.6 Å². The van der Waals surface area contributed by atoms with Crippen molar-refractivity contribution in [3.05, 3.63) is 30.3 Å². The lowest BCUT2D eigenvalue weighted by Gasteiger charge is -2.35. The van der Waals surface area contributed by atoms with Gasteiger partial charge >= 0.3 is 5.97 Å². The van der Waals surface area contributed by atoms with E-state index in [2.05, 4.69) is 5.32 Å². The van der Waals surface area contributed by atoms with Crippen LogP contribution >= 0.6 is 0 Å². The lowest BCUT2D eigenvalue weighted by molar-refractivity contribution is -0.144. The number of aliphatic carboxylic acids is 1. The minimum atomic E-state index is -0.709. The van der Waals surface area contributed by atoms with Crippen molar-refractivity contribution in [2.24, 2.45) is 17.8 Å². The van der Waals surface area contributed by atoms with E-state index in [1.165, 1.54) is 19.3 Å². The summed E-state index contributed by atoms with van der Waals surface area (Å²) in [5.41, 5.74) is 0.957. The van der Waals surface area contributed by atoms with Gasteiger partial charge in [-0.2, -0.15) is 0 Å². The van der Waals surface area contributed by atoms with Gasteiger partial charge < -0.3 is 15.3 Å². The topological polar surface area (TPSA) is 69.6 Å². The Morgan fingerprint density at radius 1 is 1.00 bits per heavy atom. The Labute approximate surface area is 161 Å². The van der Waals surface area contributed by atoms with Gasteiger partial charge in [-0.15, -0.1) is 0 Å². The van der Waals surface area contributed by atoms with Gasteiger partial charge in [-0.1, -0.05) is 37.5 Å². The number of fused-ring (bicyclic) bond motifs is 2. The monoisotopic (exact) mass is 370 g/mol. The van der Waals surface area contributed by atoms with Gasteiger partial charge in [-0.25, -0.2) is 0 Å². The molecule has 5 heteroatoms. The van der Waals surface area contributed by atoms with Gasteiger partial charge in [0.15, 0.2) is 0 Å². The van der Waals surface area contributed by atoms with E-state index in [9.17, 15) is 14.7 Å². The van der Waals surface area contributed by atoms with E-state index in [1.54, 1.807) is 0 Å². The Morgan fingerprint density at radius 2 is 1.70 bits per heavy atom. The molecule has 0 radical (unpaired) electrons. The van der Waals surface area contributed by atoms with Crippen molar-refractivity contribution >= 4 is 17.6 Å². The van der Waals surface area contributed by atoms with Crippen LogP contribution in [0.5, 0.6) is 0 Å². The highest BCUT2D eigenvalue weighted by Crippen LogP contribution is 2.48. The molecule has 3 fully saturated rings. The predicted molar refractivity (Wildman–Crippen MR) is 105 cm³/mol. The number of hydrogen-bond acceptors (Lipinski definition) is 3. The predicted octanol–water partition coefficient (Wildman–Crippen LogP) is 3.44. The Balaban J connectivity index is 1.46. The van der Waals surface area contributed by atoms with Crippen molar-refractivity contribution in [1.29, 1.82) is 0 Å². The summed E-state index contributed by atoms with van der Waals surface area (Å²) >= 11 is 0. The van der Waals surface area contributed by atoms with E-state index in [0.29, 0.717) is 5.92 Å². The maximum atomic E-state index is 13.2. The number of carbonyl (C=O) groups is 2. The number of carboxylic acid groups (broad SMARTS) is 1. The van der Waals surface area contributed by atoms with Crippen LogP contribution in [0.1, 0.15) is 51.4 Å². The maximum absolute atomic E-state index is 13.2. The Kier molecular flexibility index (Phi) is 5.48. The molecular weight excluding hydrogens is 340 g/mol. The molecule has 1 amide bonds. The van der Waals surface area contributed by atoms with E-state index >= 15 is 0 Å². The molecule has 4 unspecified atom stereocenters. The van der Waals surface area contributed by atoms with E-state index in [4.69, 9.17) is 0 Å². The average molecular weight is 370 g/mol. The van der Waals surface area contributed by atoms with Gasteiger partial charge in [0.1, 0.15) is 0 Å². The highest BCUT2D eigenvalue weighted by atomic mass is 16.4. The fraction of sp³-hybridized carbons (Fsp3) is 0.636. The number of rotatable bonds is 6. The van der Waals surface area contributed by atoms with Crippen LogP contribution in [0.3, 0.4) is 0 Å². The molecule has 0 saturated heterocycles. The van der Waals surface area contributed by atoms with Crippen molar-refractivity contribution in [3.8, 4) is 0 Å². The molecule has 2 bridgehead atoms. The standard InChI is InChI=1S/C22H30N2O3/c25-19(14-23-21-16-12-11-15(13-16)20(21)22(26)27)24(17-7-3-1-4-8-17)18-9-5-2-6-10-18/h1,3-4,7-8,15-16,18,20-21,23H,2,5-6,9-14H2,(H,26,27). The zero-order chi connectivity index (χ0) is 18.8. The minimum absolute atomic E-state index is 0.0609. The SMILES string of the molecule is O=C(O)C1C2CCC(C2)C1NCC(=O)N(c1ccccc1)C1CCCCC1. The zero-order valence-electron chi connectivity index (χ0n) is 15.8. The second kappa shape index (κ2) is 8.01. The van der Waals surface area contributed by atoms with Crippen molar-refractivity contribution in [1.82, 2.24) is 5.32 Å². The summed E-state index contributed by atoms with van der Waals surface area (Å²) in [5, 5.41) is 13.0. The van der Waals surface area contributed by atoms with Crippen LogP contribution in [0.2, 0.25) is 0 Å². The molecule has 0 aliphatic heterocycles. The number of carboxylic acids is 1. The number of nitrogens with zero attached hydrogens (tertiary/aromatic N) is 1. The summed E-state index contributed by atoms with van der Waals surface area (Å²) < 4.78 is 0. The number of carbonyl (C=O) groups excluding carboxylic acids is 1. The molecule has 4 atom stereocenters. The van der Waals surface area contributed by atoms with Gasteiger partial charge in [0.25, 0.3) is 0 Å². The minimum Gasteiger partial charge on any atom is -0.481 e. The van der Waals surface area contributed by atoms with E-state index in [-0.39, 0.29) is 36.4 Å². The number of hydrogen-bond donors (Lipinski definition) is 2. The lowest BCUT2D eigenvalue weighted by Crippen LogP contribution is -2.51. The summed E-state index contributed by atoms with van der Waals surface area (Å²) in [4.78, 5) is 26.9. The lowest BCUT2D eigenvalue weighted by atomic mass is 9.84. The molecule has 3 saturated carbocycles. The molecule has 27 heavy (non-hydrogen) atoms. The molecular formula is C22H30N2O3. The van der Waals surface area contributed by atoms with Crippen LogP contribution in [0.25, 0.3) is 0 Å². The van der Waals surface area contributed by atoms with Crippen LogP contribution in [-0.2, 0) is 9.59 Å². The first-order chi connectivity index (χ1) is 13.1. The Morgan fingerprint density at radius 3 is 2.41 bits per heavy atom. The highest BCUT2D eigenvalue weighted by molar-refractivity contribution is 5.95. The Hall–Kier alpha value is -1.88. The van der Waals surface area contributed by atoms with Crippen LogP contribution in [0.15, 0.2) is 30.3 Å². The second-order valence-electron chi connectivity index (χ2n) is 8.50. The van der Waals surface area contributed by atoms with Gasteiger partial charge in [0.05, 0.1) is 12.5 Å². The second-order valence-corrected chi connectivity index (χ2v) is 8.50. The molecule has 1 aromatic carbocycles. The van der Waals surface area contributed by atoms with Gasteiger partial charge in [-0.05, 0) is 56.1 Å². The van der Waals surface area contributed by atoms with Crippen molar-refractivity contribution < 1.29 is 14.7 Å². The fourth-order valence-electron chi connectivity index (χ4n) is 5.72. The van der Waals surface area contributed by atoms with E-state index < -0.39 is 5.97 Å². The van der Waals surface area contributed by atoms with Gasteiger partial charge in [-0.3, -0.25) is 9.59 Å². The summed E-state index contributed by atoms with van der Waals surface area (Å²) in [6.07, 6.45) is 8.78. The number of benzene rings is 1. The highest BCUT2D eigenvalue weighted by Gasteiger charge is 2.51. The maximum Gasteiger partial charge on any atom is 0.308 e. The first kappa shape index (κ1) is 18.5. The average Bonchev–Trinajstić information content (AvgIpc) is 3.29. The molecule has 3 aliphatic rings. The first-order valence-electron chi connectivity index (χ1n) is 10.5. The first-order valence-corrected chi connectivity index (χ1v) is 10.5. The third-order valence-corrected chi connectivity index (χ3v) is 6.93. The van der Waals surface area contributed by atoms with Gasteiger partial charge in [0.2, 0.25) is 5.91 Å². The molecule has 0 heterocycles. The molecule has 2 N–H and O–H groups in total. The van der Waals surface area contributed by atoms with Crippen molar-refractivity contribution in [2.75, 3.05) is 11.4 Å². The number of amides is 1. The van der Waals surface area contributed by atoms with Crippen molar-refractivity contribution in [3.63, 3.8) is 0 Å². The van der Waals surface area contributed by atoms with Crippen LogP contribution in [0.4, 0.5) is 5.69 Å². The summed E-state index contributed by atoms with van der Waals surface area (Å²) in [5.74, 6) is -0.289. The summed E-state index contributed by atoms with van der Waals surface area (Å²) in [6.45, 7) is 0.225. The smallest absolute Gasteiger partial charge is 0.308 e. The molecule has 146 valence electrons. The van der Waals surface area contributed by atoms with E-state index in [1.807, 2.05) is 35.2 Å². The van der Waals surface area contributed by atoms with Crippen molar-refractivity contribution in [2.45, 2.75) is 63.5 Å². The fourth-order valence-corrected chi connectivity index (χ4v) is 5.72. The number of anilines is 1. The summed E-state index contributed by atoms with van der Waals surface area (Å²) in [7, 11) is 0.